The first kappa shape index (κ1) is 68.2. The topological polar surface area (TPSA) is 132 Å². The fourth-order valence-electron chi connectivity index (χ4n) is 8.98. The van der Waals surface area contributed by atoms with Crippen molar-refractivity contribution in [1.82, 2.24) is 0 Å². The largest absolute Gasteiger partial charge is 0.508 e. The van der Waals surface area contributed by atoms with Crippen LogP contribution in [-0.2, 0) is 5.41 Å². The zero-order valence-electron chi connectivity index (χ0n) is 48.0. The van der Waals surface area contributed by atoms with Crippen molar-refractivity contribution in [1.29, 1.82) is 0 Å². The highest BCUT2D eigenvalue weighted by molar-refractivity contribution is 6.32. The lowest BCUT2D eigenvalue weighted by atomic mass is 9.86. The van der Waals surface area contributed by atoms with Crippen molar-refractivity contribution in [2.75, 3.05) is 19.8 Å². The van der Waals surface area contributed by atoms with Crippen molar-refractivity contribution in [2.24, 2.45) is 0 Å². The molecule has 0 amide bonds. The summed E-state index contributed by atoms with van der Waals surface area (Å²) in [6, 6.07) is 14.3. The van der Waals surface area contributed by atoms with Crippen LogP contribution in [0, 0.1) is 10.1 Å². The highest BCUT2D eigenvalue weighted by atomic mass is 35.5. The number of unbranched alkanes of at least 4 members (excludes halogenated alkanes) is 33. The number of halogens is 1. The third kappa shape index (κ3) is 37.8. The van der Waals surface area contributed by atoms with Crippen molar-refractivity contribution in [3.8, 4) is 34.5 Å². The summed E-state index contributed by atoms with van der Waals surface area (Å²) in [5.74, 6) is 2.17. The number of benzene rings is 3. The second kappa shape index (κ2) is 46.5. The van der Waals surface area contributed by atoms with E-state index in [0.717, 1.165) is 49.7 Å². The monoisotopic (exact) mass is 1050 g/mol. The number of nitro benzene ring substituents is 1. The third-order valence-electron chi connectivity index (χ3n) is 13.6. The summed E-state index contributed by atoms with van der Waals surface area (Å²) in [6.07, 6.45) is 47.6. The van der Waals surface area contributed by atoms with Crippen LogP contribution in [0.3, 0.4) is 0 Å². The van der Waals surface area contributed by atoms with Crippen molar-refractivity contribution in [3.63, 3.8) is 0 Å². The average molecular weight is 1060 g/mol. The number of nitrogens with zero attached hydrogens (tertiary/aromatic N) is 1. The fraction of sp³-hybridized carbons (Fsp3) is 0.719. The van der Waals surface area contributed by atoms with Gasteiger partial charge in [0, 0.05) is 11.6 Å². The van der Waals surface area contributed by atoms with Gasteiger partial charge in [-0.3, -0.25) is 10.1 Å². The quantitative estimate of drug-likeness (QED) is 0.0290. The highest BCUT2D eigenvalue weighted by Gasteiger charge is 2.20. The zero-order chi connectivity index (χ0) is 54.3. The van der Waals surface area contributed by atoms with E-state index in [9.17, 15) is 25.4 Å². The van der Waals surface area contributed by atoms with Crippen LogP contribution < -0.4 is 14.2 Å². The Bertz CT molecular complexity index is 1780. The molecule has 424 valence electrons. The van der Waals surface area contributed by atoms with Gasteiger partial charge >= 0.3 is 5.69 Å². The van der Waals surface area contributed by atoms with E-state index < -0.39 is 4.92 Å². The Morgan fingerprint density at radius 3 is 1.00 bits per heavy atom. The predicted molar refractivity (Wildman–Crippen MR) is 314 cm³/mol. The number of phenolic OH excluding ortho intramolecular Hbond substituents is 3. The lowest BCUT2D eigenvalue weighted by molar-refractivity contribution is -0.385. The first-order valence-electron chi connectivity index (χ1n) is 30.0. The smallest absolute Gasteiger partial charge is 0.314 e. The number of nitro groups is 1. The molecule has 3 aromatic rings. The number of ether oxygens (including phenoxy) is 3. The van der Waals surface area contributed by atoms with Crippen LogP contribution in [0.2, 0.25) is 5.02 Å². The summed E-state index contributed by atoms with van der Waals surface area (Å²) in [7, 11) is 0. The standard InChI is InChI=1S/C24H42O2.C20H33ClO2.C20H33NO4/c1-5-6-7-8-9-10-11-12-13-14-15-16-19-26-23-18-17-21(25)20-22(23)24(2,3)4;1-2-3-4-5-6-7-8-9-10-11-12-13-16-23-20-15-14-18(22)17-19(20)21;1-2-3-4-5-6-7-8-9-10-11-12-13-16-25-20-15-14-18(22)17-19(20)21(23)24/h17-18,20,25H,5-16,19H2,1-4H3;14-15,17,22H,2-13,16H2,1H3;14-15,17,22H,2-13,16H2,1H3. The molecule has 0 aliphatic carbocycles. The summed E-state index contributed by atoms with van der Waals surface area (Å²) < 4.78 is 17.1. The number of hydrogen-bond donors (Lipinski definition) is 3. The normalized spacial score (nSPS) is 11.1. The molecule has 0 radical (unpaired) electrons. The van der Waals surface area contributed by atoms with Gasteiger partial charge in [0.25, 0.3) is 0 Å². The van der Waals surface area contributed by atoms with Gasteiger partial charge in [-0.15, -0.1) is 0 Å². The minimum atomic E-state index is -0.530. The second-order valence-corrected chi connectivity index (χ2v) is 22.1. The molecule has 0 bridgehead atoms. The molecule has 0 spiro atoms. The minimum Gasteiger partial charge on any atom is -0.508 e. The van der Waals surface area contributed by atoms with Crippen LogP contribution in [0.15, 0.2) is 54.6 Å². The molecule has 0 fully saturated rings. The Balaban J connectivity index is 0.000000556. The molecule has 3 rings (SSSR count). The van der Waals surface area contributed by atoms with Gasteiger partial charge in [0.15, 0.2) is 5.75 Å². The van der Waals surface area contributed by atoms with Gasteiger partial charge in [-0.25, -0.2) is 0 Å². The Morgan fingerprint density at radius 2 is 0.676 bits per heavy atom. The molecular weight excluding hydrogens is 946 g/mol. The van der Waals surface area contributed by atoms with Gasteiger partial charge in [-0.05, 0) is 67.1 Å². The van der Waals surface area contributed by atoms with E-state index in [1.54, 1.807) is 18.2 Å². The van der Waals surface area contributed by atoms with E-state index in [1.807, 2.05) is 12.1 Å². The minimum absolute atomic E-state index is 0.0232. The second-order valence-electron chi connectivity index (χ2n) is 21.7. The first-order chi connectivity index (χ1) is 35.8. The van der Waals surface area contributed by atoms with Gasteiger partial charge in [0.1, 0.15) is 28.7 Å². The summed E-state index contributed by atoms with van der Waals surface area (Å²) >= 11 is 6.00. The van der Waals surface area contributed by atoms with Crippen LogP contribution in [0.5, 0.6) is 34.5 Å². The van der Waals surface area contributed by atoms with Crippen molar-refractivity contribution < 1.29 is 34.5 Å². The van der Waals surface area contributed by atoms with Crippen molar-refractivity contribution in [2.45, 2.75) is 278 Å². The van der Waals surface area contributed by atoms with E-state index >= 15 is 0 Å². The van der Waals surface area contributed by atoms with E-state index in [-0.39, 0.29) is 28.4 Å². The third-order valence-corrected chi connectivity index (χ3v) is 13.9. The average Bonchev–Trinajstić information content (AvgIpc) is 3.37. The molecular formula is C64H108ClNO8. The lowest BCUT2D eigenvalue weighted by Crippen LogP contribution is -2.13. The van der Waals surface area contributed by atoms with Crippen LogP contribution >= 0.6 is 11.6 Å². The Labute approximate surface area is 457 Å². The molecule has 3 N–H and O–H groups in total. The fourth-order valence-corrected chi connectivity index (χ4v) is 9.21. The van der Waals surface area contributed by atoms with Crippen molar-refractivity contribution in [3.05, 3.63) is 75.3 Å². The number of phenols is 3. The number of hydrogen-bond acceptors (Lipinski definition) is 8. The summed E-state index contributed by atoms with van der Waals surface area (Å²) in [5, 5.41) is 39.7. The summed E-state index contributed by atoms with van der Waals surface area (Å²) in [6.45, 7) is 15.2. The zero-order valence-corrected chi connectivity index (χ0v) is 48.7. The molecule has 0 unspecified atom stereocenters. The van der Waals surface area contributed by atoms with E-state index in [0.29, 0.717) is 29.7 Å². The van der Waals surface area contributed by atoms with Crippen LogP contribution in [0.4, 0.5) is 5.69 Å². The van der Waals surface area contributed by atoms with Gasteiger partial charge < -0.3 is 29.5 Å². The molecule has 3 aromatic carbocycles. The maximum Gasteiger partial charge on any atom is 0.314 e. The van der Waals surface area contributed by atoms with Gasteiger partial charge in [0.05, 0.1) is 35.8 Å². The molecule has 10 heteroatoms. The highest BCUT2D eigenvalue weighted by Crippen LogP contribution is 2.35. The van der Waals surface area contributed by atoms with Crippen LogP contribution in [0.25, 0.3) is 0 Å². The molecule has 9 nitrogen and oxygen atoms in total. The lowest BCUT2D eigenvalue weighted by Gasteiger charge is -2.23. The summed E-state index contributed by atoms with van der Waals surface area (Å²) in [5.41, 5.74) is 0.875. The Morgan fingerprint density at radius 1 is 0.405 bits per heavy atom. The molecule has 74 heavy (non-hydrogen) atoms. The Hall–Kier alpha value is -3.85. The van der Waals surface area contributed by atoms with E-state index in [4.69, 9.17) is 25.8 Å². The molecule has 0 aliphatic heterocycles. The van der Waals surface area contributed by atoms with Gasteiger partial charge in [0.2, 0.25) is 0 Å². The van der Waals surface area contributed by atoms with Crippen LogP contribution in [-0.4, -0.2) is 40.1 Å². The number of rotatable bonds is 43. The Kier molecular flexibility index (Phi) is 42.8. The number of aromatic hydroxyl groups is 3. The van der Waals surface area contributed by atoms with Crippen molar-refractivity contribution >= 4 is 17.3 Å². The first-order valence-corrected chi connectivity index (χ1v) is 30.4. The molecule has 0 aliphatic rings. The maximum absolute atomic E-state index is 10.9. The van der Waals surface area contributed by atoms with E-state index in [1.165, 1.54) is 224 Å². The maximum atomic E-state index is 10.9. The SMILES string of the molecule is CCCCCCCCCCCCCCOc1ccc(O)cc1C(C)(C)C.CCCCCCCCCCCCCCOc1ccc(O)cc1Cl.CCCCCCCCCCCCCCOc1ccc(O)cc1[N+](=O)[O-]. The van der Waals surface area contributed by atoms with Gasteiger partial charge in [-0.1, -0.05) is 265 Å². The molecule has 0 saturated carbocycles. The predicted octanol–water partition coefficient (Wildman–Crippen LogP) is 21.3. The molecule has 0 atom stereocenters. The molecule has 0 saturated heterocycles. The van der Waals surface area contributed by atoms with E-state index in [2.05, 4.69) is 41.5 Å². The molecule has 0 heterocycles. The van der Waals surface area contributed by atoms with Gasteiger partial charge in [-0.2, -0.15) is 0 Å². The van der Waals surface area contributed by atoms with Crippen LogP contribution in [0.1, 0.15) is 278 Å². The summed E-state index contributed by atoms with van der Waals surface area (Å²) in [4.78, 5) is 10.4. The molecule has 0 aromatic heterocycles.